The number of carbonyl (C=O) groups excluding carboxylic acids is 1. The maximum absolute atomic E-state index is 11.8. The van der Waals surface area contributed by atoms with Crippen molar-refractivity contribution in [2.75, 3.05) is 6.61 Å². The lowest BCUT2D eigenvalue weighted by atomic mass is 10.2. The first-order valence-electron chi connectivity index (χ1n) is 5.24. The maximum Gasteiger partial charge on any atom is 0.210 e. The Bertz CT molecular complexity index is 580. The van der Waals surface area contributed by atoms with Gasteiger partial charge in [-0.1, -0.05) is 17.7 Å². The summed E-state index contributed by atoms with van der Waals surface area (Å²) in [6, 6.07) is 9.15. The van der Waals surface area contributed by atoms with Gasteiger partial charge < -0.3 is 4.74 Å². The van der Waals surface area contributed by atoms with Gasteiger partial charge in [-0.25, -0.2) is 0 Å². The van der Waals surface area contributed by atoms with Gasteiger partial charge in [0.2, 0.25) is 5.78 Å². The monoisotopic (exact) mass is 344 g/mol. The van der Waals surface area contributed by atoms with E-state index in [9.17, 15) is 4.79 Å². The third-order valence-corrected chi connectivity index (χ3v) is 4.19. The summed E-state index contributed by atoms with van der Waals surface area (Å²) in [6.07, 6.45) is 0. The highest BCUT2D eigenvalue weighted by Gasteiger charge is 2.10. The zero-order valence-electron chi connectivity index (χ0n) is 9.57. The van der Waals surface area contributed by atoms with Gasteiger partial charge in [0.1, 0.15) is 5.75 Å². The van der Waals surface area contributed by atoms with E-state index in [1.807, 2.05) is 25.1 Å². The molecule has 2 aromatic rings. The second-order valence-electron chi connectivity index (χ2n) is 3.75. The predicted octanol–water partition coefficient (Wildman–Crippen LogP) is 4.73. The third-order valence-electron chi connectivity index (χ3n) is 2.29. The van der Waals surface area contributed by atoms with Crippen LogP contribution >= 0.6 is 38.9 Å². The lowest BCUT2D eigenvalue weighted by Crippen LogP contribution is -2.10. The summed E-state index contributed by atoms with van der Waals surface area (Å²) in [4.78, 5) is 12.4. The molecule has 0 fully saturated rings. The standard InChI is InChI=1S/C13H10BrClO2S/c1-8-2-3-11(9(14)6-8)17-7-10(16)12-4-5-13(15)18-12/h2-6H,7H2,1H3. The smallest absolute Gasteiger partial charge is 0.210 e. The largest absolute Gasteiger partial charge is 0.484 e. The molecule has 18 heavy (non-hydrogen) atoms. The number of aryl methyl sites for hydroxylation is 1. The van der Waals surface area contributed by atoms with E-state index in [-0.39, 0.29) is 12.4 Å². The van der Waals surface area contributed by atoms with Crippen LogP contribution in [0.2, 0.25) is 4.34 Å². The van der Waals surface area contributed by atoms with E-state index < -0.39 is 0 Å². The van der Waals surface area contributed by atoms with E-state index in [1.54, 1.807) is 12.1 Å². The molecule has 0 spiro atoms. The van der Waals surface area contributed by atoms with Crippen molar-refractivity contribution < 1.29 is 9.53 Å². The zero-order chi connectivity index (χ0) is 13.1. The summed E-state index contributed by atoms with van der Waals surface area (Å²) in [5, 5.41) is 0. The zero-order valence-corrected chi connectivity index (χ0v) is 12.7. The second-order valence-corrected chi connectivity index (χ2v) is 6.32. The minimum atomic E-state index is -0.0700. The number of hydrogen-bond donors (Lipinski definition) is 0. The number of ketones is 1. The highest BCUT2D eigenvalue weighted by Crippen LogP contribution is 2.26. The number of ether oxygens (including phenoxy) is 1. The Morgan fingerprint density at radius 3 is 2.78 bits per heavy atom. The number of Topliss-reactive ketones (excluding diaryl/α,β-unsaturated/α-hetero) is 1. The van der Waals surface area contributed by atoms with Gasteiger partial charge in [-0.3, -0.25) is 4.79 Å². The molecule has 0 aliphatic carbocycles. The van der Waals surface area contributed by atoms with Crippen molar-refractivity contribution in [3.63, 3.8) is 0 Å². The van der Waals surface area contributed by atoms with Crippen LogP contribution in [0.1, 0.15) is 15.2 Å². The molecule has 0 saturated carbocycles. The topological polar surface area (TPSA) is 26.3 Å². The van der Waals surface area contributed by atoms with E-state index >= 15 is 0 Å². The molecular weight excluding hydrogens is 336 g/mol. The lowest BCUT2D eigenvalue weighted by molar-refractivity contribution is 0.0925. The van der Waals surface area contributed by atoms with Crippen LogP contribution in [0.15, 0.2) is 34.8 Å². The second kappa shape index (κ2) is 5.87. The molecule has 1 heterocycles. The van der Waals surface area contributed by atoms with E-state index in [1.165, 1.54) is 11.3 Å². The average molecular weight is 346 g/mol. The Labute approximate surface area is 123 Å². The van der Waals surface area contributed by atoms with Gasteiger partial charge in [0.25, 0.3) is 0 Å². The molecule has 2 rings (SSSR count). The average Bonchev–Trinajstić information content (AvgIpc) is 2.74. The van der Waals surface area contributed by atoms with Gasteiger partial charge in [0.05, 0.1) is 13.7 Å². The Balaban J connectivity index is 2.01. The van der Waals surface area contributed by atoms with Crippen LogP contribution in [0.5, 0.6) is 5.75 Å². The summed E-state index contributed by atoms with van der Waals surface area (Å²) in [5.74, 6) is 0.593. The van der Waals surface area contributed by atoms with Gasteiger partial charge in [0, 0.05) is 0 Å². The molecule has 1 aromatic carbocycles. The molecule has 0 N–H and O–H groups in total. The van der Waals surface area contributed by atoms with Gasteiger partial charge in [-0.05, 0) is 52.7 Å². The summed E-state index contributed by atoms with van der Waals surface area (Å²) < 4.78 is 6.94. The van der Waals surface area contributed by atoms with Crippen LogP contribution in [0.25, 0.3) is 0 Å². The maximum atomic E-state index is 11.8. The Morgan fingerprint density at radius 2 is 2.17 bits per heavy atom. The molecule has 0 aliphatic heterocycles. The first kappa shape index (κ1) is 13.6. The van der Waals surface area contributed by atoms with Gasteiger partial charge in [0.15, 0.2) is 6.61 Å². The van der Waals surface area contributed by atoms with Crippen molar-refractivity contribution >= 4 is 44.7 Å². The SMILES string of the molecule is Cc1ccc(OCC(=O)c2ccc(Cl)s2)c(Br)c1. The van der Waals surface area contributed by atoms with Crippen LogP contribution in [0.4, 0.5) is 0 Å². The van der Waals surface area contributed by atoms with Crippen LogP contribution in [-0.4, -0.2) is 12.4 Å². The van der Waals surface area contributed by atoms with Crippen molar-refractivity contribution in [2.24, 2.45) is 0 Å². The molecule has 0 saturated heterocycles. The van der Waals surface area contributed by atoms with Crippen LogP contribution in [0, 0.1) is 6.92 Å². The lowest BCUT2D eigenvalue weighted by Gasteiger charge is -2.07. The van der Waals surface area contributed by atoms with Crippen molar-refractivity contribution in [3.05, 3.63) is 49.6 Å². The first-order chi connectivity index (χ1) is 8.56. The number of halogens is 2. The summed E-state index contributed by atoms with van der Waals surface area (Å²) in [7, 11) is 0. The Kier molecular flexibility index (Phi) is 4.43. The molecule has 0 atom stereocenters. The highest BCUT2D eigenvalue weighted by atomic mass is 79.9. The van der Waals surface area contributed by atoms with Crippen molar-refractivity contribution in [1.82, 2.24) is 0 Å². The normalized spacial score (nSPS) is 10.4. The Hall–Kier alpha value is -0.840. The van der Waals surface area contributed by atoms with Crippen LogP contribution in [0.3, 0.4) is 0 Å². The molecular formula is C13H10BrClO2S. The van der Waals surface area contributed by atoms with E-state index in [0.29, 0.717) is 15.0 Å². The van der Waals surface area contributed by atoms with Crippen molar-refractivity contribution in [1.29, 1.82) is 0 Å². The Morgan fingerprint density at radius 1 is 1.39 bits per heavy atom. The molecule has 0 bridgehead atoms. The minimum absolute atomic E-state index is 0.0124. The highest BCUT2D eigenvalue weighted by molar-refractivity contribution is 9.10. The molecule has 0 aliphatic rings. The number of carbonyl (C=O) groups is 1. The van der Waals surface area contributed by atoms with Crippen LogP contribution in [-0.2, 0) is 0 Å². The predicted molar refractivity (Wildman–Crippen MR) is 78.0 cm³/mol. The van der Waals surface area contributed by atoms with Crippen molar-refractivity contribution in [3.8, 4) is 5.75 Å². The van der Waals surface area contributed by atoms with Gasteiger partial charge in [-0.15, -0.1) is 11.3 Å². The van der Waals surface area contributed by atoms with Crippen molar-refractivity contribution in [2.45, 2.75) is 6.92 Å². The summed E-state index contributed by atoms with van der Waals surface area (Å²) in [5.41, 5.74) is 1.13. The fraction of sp³-hybridized carbons (Fsp3) is 0.154. The minimum Gasteiger partial charge on any atom is -0.484 e. The molecule has 1 aromatic heterocycles. The van der Waals surface area contributed by atoms with Gasteiger partial charge >= 0.3 is 0 Å². The molecule has 2 nitrogen and oxygen atoms in total. The quantitative estimate of drug-likeness (QED) is 0.749. The molecule has 5 heteroatoms. The molecule has 0 amide bonds. The molecule has 0 unspecified atom stereocenters. The van der Waals surface area contributed by atoms with E-state index in [4.69, 9.17) is 16.3 Å². The van der Waals surface area contributed by atoms with E-state index in [2.05, 4.69) is 15.9 Å². The summed E-state index contributed by atoms with van der Waals surface area (Å²) >= 11 is 10.4. The number of hydrogen-bond acceptors (Lipinski definition) is 3. The number of benzene rings is 1. The third kappa shape index (κ3) is 3.34. The number of rotatable bonds is 4. The number of thiophene rings is 1. The summed E-state index contributed by atoms with van der Waals surface area (Å²) in [6.45, 7) is 2.01. The van der Waals surface area contributed by atoms with Gasteiger partial charge in [-0.2, -0.15) is 0 Å². The van der Waals surface area contributed by atoms with Crippen LogP contribution < -0.4 is 4.74 Å². The fourth-order valence-corrected chi connectivity index (χ4v) is 2.98. The van der Waals surface area contributed by atoms with E-state index in [0.717, 1.165) is 10.0 Å². The first-order valence-corrected chi connectivity index (χ1v) is 7.22. The fourth-order valence-electron chi connectivity index (χ4n) is 1.40. The molecule has 94 valence electrons. The molecule has 0 radical (unpaired) electrons.